The Morgan fingerprint density at radius 3 is 3.00 bits per heavy atom. The summed E-state index contributed by atoms with van der Waals surface area (Å²) in [4.78, 5) is 12.6. The summed E-state index contributed by atoms with van der Waals surface area (Å²) in [6, 6.07) is 0.426. The minimum Gasteiger partial charge on any atom is -0.309 e. The quantitative estimate of drug-likeness (QED) is 0.784. The molecule has 4 rings (SSSR count). The second-order valence-electron chi connectivity index (χ2n) is 6.60. The highest BCUT2D eigenvalue weighted by Gasteiger charge is 2.38. The lowest BCUT2D eigenvalue weighted by Crippen LogP contribution is -2.40. The molecule has 22 heavy (non-hydrogen) atoms. The van der Waals surface area contributed by atoms with Crippen LogP contribution in [0.3, 0.4) is 0 Å². The average Bonchev–Trinajstić information content (AvgIpc) is 3.16. The number of carbonyl (C=O) groups excluding carboxylic acids is 1. The number of rotatable bonds is 2. The zero-order valence-corrected chi connectivity index (χ0v) is 13.0. The summed E-state index contributed by atoms with van der Waals surface area (Å²) in [7, 11) is 1.85. The number of amides is 1. The van der Waals surface area contributed by atoms with Crippen molar-refractivity contribution in [1.82, 2.24) is 25.3 Å². The van der Waals surface area contributed by atoms with Crippen LogP contribution in [-0.2, 0) is 11.8 Å². The maximum Gasteiger partial charge on any atom is 0.242 e. The van der Waals surface area contributed by atoms with Crippen molar-refractivity contribution in [2.75, 3.05) is 5.32 Å². The predicted molar refractivity (Wildman–Crippen MR) is 83.5 cm³/mol. The molecule has 2 aromatic heterocycles. The maximum absolute atomic E-state index is 12.6. The fraction of sp³-hybridized carbons (Fsp3) is 0.667. The van der Waals surface area contributed by atoms with Crippen LogP contribution in [0, 0.1) is 12.8 Å². The number of aromatic nitrogens is 4. The number of anilines is 1. The van der Waals surface area contributed by atoms with Crippen LogP contribution in [0.15, 0.2) is 0 Å². The van der Waals surface area contributed by atoms with Crippen molar-refractivity contribution < 1.29 is 4.79 Å². The first kappa shape index (κ1) is 13.8. The molecular formula is C15H22N6O. The molecule has 2 aromatic rings. The molecule has 0 radical (unpaired) electrons. The van der Waals surface area contributed by atoms with Crippen molar-refractivity contribution in [2.24, 2.45) is 13.0 Å². The minimum absolute atomic E-state index is 0.0307. The van der Waals surface area contributed by atoms with Gasteiger partial charge in [-0.3, -0.25) is 9.89 Å². The van der Waals surface area contributed by atoms with Gasteiger partial charge in [0.25, 0.3) is 0 Å². The molecule has 3 heterocycles. The van der Waals surface area contributed by atoms with E-state index in [0.29, 0.717) is 17.8 Å². The van der Waals surface area contributed by atoms with Gasteiger partial charge in [-0.05, 0) is 32.1 Å². The number of hydrogen-bond acceptors (Lipinski definition) is 4. The summed E-state index contributed by atoms with van der Waals surface area (Å²) in [5.74, 6) is 1.34. The summed E-state index contributed by atoms with van der Waals surface area (Å²) >= 11 is 0. The molecule has 2 fully saturated rings. The minimum atomic E-state index is -0.0940. The van der Waals surface area contributed by atoms with Gasteiger partial charge >= 0.3 is 0 Å². The fourth-order valence-corrected chi connectivity index (χ4v) is 4.05. The van der Waals surface area contributed by atoms with Crippen LogP contribution < -0.4 is 10.6 Å². The third-order valence-electron chi connectivity index (χ3n) is 5.14. The third kappa shape index (κ3) is 2.11. The van der Waals surface area contributed by atoms with Gasteiger partial charge in [0.2, 0.25) is 5.91 Å². The molecule has 1 aliphatic carbocycles. The van der Waals surface area contributed by atoms with E-state index < -0.39 is 0 Å². The lowest BCUT2D eigenvalue weighted by atomic mass is 9.85. The predicted octanol–water partition coefficient (Wildman–Crippen LogP) is 1.46. The number of H-pyrrole nitrogens is 1. The van der Waals surface area contributed by atoms with Crippen molar-refractivity contribution >= 4 is 22.8 Å². The van der Waals surface area contributed by atoms with Gasteiger partial charge in [-0.15, -0.1) is 0 Å². The van der Waals surface area contributed by atoms with E-state index >= 15 is 0 Å². The molecule has 0 spiro atoms. The van der Waals surface area contributed by atoms with Gasteiger partial charge in [0, 0.05) is 13.1 Å². The zero-order valence-electron chi connectivity index (χ0n) is 13.0. The Balaban J connectivity index is 1.52. The maximum atomic E-state index is 12.6. The second-order valence-corrected chi connectivity index (χ2v) is 6.60. The number of nitrogens with one attached hydrogen (secondary N) is 3. The largest absolute Gasteiger partial charge is 0.309 e. The highest BCUT2D eigenvalue weighted by atomic mass is 16.2. The molecule has 118 valence electrons. The molecule has 1 saturated heterocycles. The standard InChI is InChI=1S/C15H22N6O/c1-8-12-13(18-19-14(12)21(2)20-8)17-15(22)11-7-9-5-3-4-6-10(9)16-11/h9-11,16H,3-7H2,1-2H3,(H2,17,18,19,22). The van der Waals surface area contributed by atoms with Crippen LogP contribution in [0.25, 0.3) is 11.0 Å². The SMILES string of the molecule is Cc1nn(C)c2n[nH]c(NC(=O)C3CC4CCCCC4N3)c12. The van der Waals surface area contributed by atoms with Gasteiger partial charge in [-0.1, -0.05) is 12.8 Å². The summed E-state index contributed by atoms with van der Waals surface area (Å²) in [5, 5.41) is 18.9. The van der Waals surface area contributed by atoms with Crippen LogP contribution in [-0.4, -0.2) is 38.0 Å². The third-order valence-corrected chi connectivity index (χ3v) is 5.14. The van der Waals surface area contributed by atoms with E-state index in [0.717, 1.165) is 23.1 Å². The van der Waals surface area contributed by atoms with Crippen molar-refractivity contribution in [3.8, 4) is 0 Å². The van der Waals surface area contributed by atoms with Gasteiger partial charge in [0.1, 0.15) is 5.82 Å². The summed E-state index contributed by atoms with van der Waals surface area (Å²) < 4.78 is 1.72. The van der Waals surface area contributed by atoms with E-state index in [9.17, 15) is 4.79 Å². The number of hydrogen-bond donors (Lipinski definition) is 3. The molecule has 0 aromatic carbocycles. The highest BCUT2D eigenvalue weighted by Crippen LogP contribution is 2.33. The van der Waals surface area contributed by atoms with Crippen LogP contribution >= 0.6 is 0 Å². The number of fused-ring (bicyclic) bond motifs is 2. The van der Waals surface area contributed by atoms with Crippen LogP contribution in [0.4, 0.5) is 5.82 Å². The molecule has 7 heteroatoms. The Hall–Kier alpha value is -1.89. The van der Waals surface area contributed by atoms with Gasteiger partial charge in [-0.25, -0.2) is 4.68 Å². The summed E-state index contributed by atoms with van der Waals surface area (Å²) in [6.07, 6.45) is 5.97. The molecule has 1 aliphatic heterocycles. The second kappa shape index (κ2) is 5.08. The van der Waals surface area contributed by atoms with Crippen LogP contribution in [0.5, 0.6) is 0 Å². The van der Waals surface area contributed by atoms with Crippen LogP contribution in [0.2, 0.25) is 0 Å². The molecule has 2 aliphatic rings. The molecule has 0 bridgehead atoms. The van der Waals surface area contributed by atoms with Gasteiger partial charge in [0.15, 0.2) is 5.65 Å². The highest BCUT2D eigenvalue weighted by molar-refractivity contribution is 6.02. The zero-order chi connectivity index (χ0) is 15.3. The first-order valence-corrected chi connectivity index (χ1v) is 8.08. The van der Waals surface area contributed by atoms with E-state index in [2.05, 4.69) is 25.9 Å². The molecule has 1 saturated carbocycles. The van der Waals surface area contributed by atoms with Crippen molar-refractivity contribution in [3.63, 3.8) is 0 Å². The number of aryl methyl sites for hydroxylation is 2. The first-order chi connectivity index (χ1) is 10.6. The number of carbonyl (C=O) groups is 1. The summed E-state index contributed by atoms with van der Waals surface area (Å²) in [5.41, 5.74) is 1.63. The Morgan fingerprint density at radius 2 is 2.18 bits per heavy atom. The van der Waals surface area contributed by atoms with Crippen LogP contribution in [0.1, 0.15) is 37.8 Å². The monoisotopic (exact) mass is 302 g/mol. The van der Waals surface area contributed by atoms with Gasteiger partial charge in [-0.2, -0.15) is 10.2 Å². The Labute approximate surface area is 128 Å². The lowest BCUT2D eigenvalue weighted by Gasteiger charge is -2.24. The topological polar surface area (TPSA) is 87.6 Å². The van der Waals surface area contributed by atoms with E-state index in [1.54, 1.807) is 4.68 Å². The van der Waals surface area contributed by atoms with Gasteiger partial charge < -0.3 is 10.6 Å². The van der Waals surface area contributed by atoms with E-state index in [1.165, 1.54) is 25.7 Å². The number of aromatic amines is 1. The molecule has 3 unspecified atom stereocenters. The summed E-state index contributed by atoms with van der Waals surface area (Å²) in [6.45, 7) is 1.93. The lowest BCUT2D eigenvalue weighted by molar-refractivity contribution is -0.117. The first-order valence-electron chi connectivity index (χ1n) is 8.08. The Bertz CT molecular complexity index is 703. The van der Waals surface area contributed by atoms with Crippen molar-refractivity contribution in [1.29, 1.82) is 0 Å². The molecular weight excluding hydrogens is 280 g/mol. The van der Waals surface area contributed by atoms with Crippen molar-refractivity contribution in [2.45, 2.75) is 51.1 Å². The van der Waals surface area contributed by atoms with Gasteiger partial charge in [0.05, 0.1) is 17.1 Å². The van der Waals surface area contributed by atoms with E-state index in [-0.39, 0.29) is 11.9 Å². The average molecular weight is 302 g/mol. The van der Waals surface area contributed by atoms with E-state index in [4.69, 9.17) is 0 Å². The molecule has 7 nitrogen and oxygen atoms in total. The number of nitrogens with zero attached hydrogens (tertiary/aromatic N) is 3. The van der Waals surface area contributed by atoms with Crippen molar-refractivity contribution in [3.05, 3.63) is 5.69 Å². The normalized spacial score (nSPS) is 28.0. The smallest absolute Gasteiger partial charge is 0.242 e. The Kier molecular flexibility index (Phi) is 3.18. The molecule has 3 atom stereocenters. The Morgan fingerprint density at radius 1 is 1.36 bits per heavy atom. The fourth-order valence-electron chi connectivity index (χ4n) is 4.05. The molecule has 1 amide bonds. The van der Waals surface area contributed by atoms with E-state index in [1.807, 2.05) is 14.0 Å². The molecule has 3 N–H and O–H groups in total.